The number of anilines is 1. The van der Waals surface area contributed by atoms with Crippen molar-refractivity contribution in [3.05, 3.63) is 63.5 Å². The lowest BCUT2D eigenvalue weighted by Crippen LogP contribution is -2.17. The van der Waals surface area contributed by atoms with Crippen LogP contribution in [0.4, 0.5) is 5.69 Å². The van der Waals surface area contributed by atoms with Gasteiger partial charge in [0.25, 0.3) is 10.0 Å². The minimum Gasteiger partial charge on any atom is -0.279 e. The van der Waals surface area contributed by atoms with Crippen molar-refractivity contribution < 1.29 is 16.8 Å². The van der Waals surface area contributed by atoms with E-state index in [1.165, 1.54) is 30.3 Å². The summed E-state index contributed by atoms with van der Waals surface area (Å²) in [5, 5.41) is 6.45. The van der Waals surface area contributed by atoms with Gasteiger partial charge in [-0.3, -0.25) is 4.72 Å². The quantitative estimate of drug-likeness (QED) is 0.795. The fraction of sp³-hybridized carbons (Fsp3) is 0. The summed E-state index contributed by atoms with van der Waals surface area (Å²) in [5.74, 6) is 0. The van der Waals surface area contributed by atoms with Gasteiger partial charge >= 0.3 is 0 Å². The van der Waals surface area contributed by atoms with Crippen LogP contribution in [-0.4, -0.2) is 16.8 Å². The van der Waals surface area contributed by atoms with Crippen LogP contribution >= 0.6 is 23.2 Å². The summed E-state index contributed by atoms with van der Waals surface area (Å²) in [7, 11) is -8.10. The minimum absolute atomic E-state index is 0.157. The molecule has 0 aliphatic rings. The molecule has 0 saturated heterocycles. The molecule has 0 aliphatic carbocycles. The van der Waals surface area contributed by atoms with E-state index in [1.807, 2.05) is 0 Å². The van der Waals surface area contributed by atoms with Gasteiger partial charge in [0.15, 0.2) is 0 Å². The first-order chi connectivity index (χ1) is 11.1. The second-order valence-corrected chi connectivity index (χ2v) is 8.54. The van der Waals surface area contributed by atoms with Crippen molar-refractivity contribution in [2.75, 3.05) is 4.72 Å². The number of hydrogen-bond acceptors (Lipinski definition) is 4. The second kappa shape index (κ2) is 7.12. The SMILES string of the molecule is NS(=O)(=O)c1ccccc1NS(=O)(=O)/C=C/c1c(Cl)cccc1Cl. The Morgan fingerprint density at radius 2 is 1.50 bits per heavy atom. The predicted octanol–water partition coefficient (Wildman–Crippen LogP) is 3.05. The molecule has 0 amide bonds. The van der Waals surface area contributed by atoms with E-state index in [4.69, 9.17) is 28.3 Å². The maximum absolute atomic E-state index is 12.2. The van der Waals surface area contributed by atoms with Crippen molar-refractivity contribution in [3.8, 4) is 0 Å². The average Bonchev–Trinajstić information content (AvgIpc) is 2.45. The summed E-state index contributed by atoms with van der Waals surface area (Å²) >= 11 is 11.9. The highest BCUT2D eigenvalue weighted by Crippen LogP contribution is 2.26. The summed E-state index contributed by atoms with van der Waals surface area (Å²) in [6.45, 7) is 0. The molecule has 6 nitrogen and oxygen atoms in total. The molecule has 3 N–H and O–H groups in total. The van der Waals surface area contributed by atoms with Crippen molar-refractivity contribution in [2.45, 2.75) is 4.90 Å². The van der Waals surface area contributed by atoms with E-state index in [9.17, 15) is 16.8 Å². The lowest BCUT2D eigenvalue weighted by Gasteiger charge is -2.09. The topological polar surface area (TPSA) is 106 Å². The van der Waals surface area contributed by atoms with Crippen molar-refractivity contribution in [1.29, 1.82) is 0 Å². The minimum atomic E-state index is -4.08. The molecular formula is C14H12Cl2N2O4S2. The molecule has 0 saturated carbocycles. The van der Waals surface area contributed by atoms with Crippen LogP contribution in [-0.2, 0) is 20.0 Å². The first-order valence-electron chi connectivity index (χ1n) is 6.37. The number of nitrogens with one attached hydrogen (secondary N) is 1. The van der Waals surface area contributed by atoms with Crippen LogP contribution in [0.2, 0.25) is 10.0 Å². The van der Waals surface area contributed by atoms with Gasteiger partial charge in [-0.2, -0.15) is 0 Å². The van der Waals surface area contributed by atoms with Crippen LogP contribution in [0.15, 0.2) is 52.8 Å². The fourth-order valence-corrected chi connectivity index (χ4v) is 3.96. The van der Waals surface area contributed by atoms with Gasteiger partial charge < -0.3 is 0 Å². The van der Waals surface area contributed by atoms with Gasteiger partial charge in [0.05, 0.1) is 11.1 Å². The highest BCUT2D eigenvalue weighted by molar-refractivity contribution is 7.95. The van der Waals surface area contributed by atoms with E-state index in [1.54, 1.807) is 18.2 Å². The van der Waals surface area contributed by atoms with E-state index in [0.717, 1.165) is 5.41 Å². The Morgan fingerprint density at radius 3 is 2.08 bits per heavy atom. The highest BCUT2D eigenvalue weighted by atomic mass is 35.5. The van der Waals surface area contributed by atoms with Crippen LogP contribution in [0.5, 0.6) is 0 Å². The van der Waals surface area contributed by atoms with E-state index >= 15 is 0 Å². The number of para-hydroxylation sites is 1. The molecule has 0 aliphatic heterocycles. The molecule has 0 fully saturated rings. The standard InChI is InChI=1S/C14H12Cl2N2O4S2/c15-11-4-3-5-12(16)10(11)8-9-23(19,20)18-13-6-1-2-7-14(13)24(17,21)22/h1-9,18H,(H2,17,21,22)/b9-8+. The zero-order valence-corrected chi connectivity index (χ0v) is 15.1. The Balaban J connectivity index is 2.36. The van der Waals surface area contributed by atoms with E-state index in [0.29, 0.717) is 5.56 Å². The summed E-state index contributed by atoms with van der Waals surface area (Å²) in [6.07, 6.45) is 1.21. The number of rotatable bonds is 5. The third kappa shape index (κ3) is 4.71. The molecule has 10 heteroatoms. The van der Waals surface area contributed by atoms with Crippen LogP contribution in [0.1, 0.15) is 5.56 Å². The maximum Gasteiger partial charge on any atom is 0.255 e. The smallest absolute Gasteiger partial charge is 0.255 e. The molecule has 2 aromatic rings. The molecule has 0 unspecified atom stereocenters. The number of hydrogen-bond donors (Lipinski definition) is 2. The monoisotopic (exact) mass is 406 g/mol. The maximum atomic E-state index is 12.2. The van der Waals surface area contributed by atoms with Crippen molar-refractivity contribution in [2.24, 2.45) is 5.14 Å². The Morgan fingerprint density at radius 1 is 0.917 bits per heavy atom. The summed E-state index contributed by atoms with van der Waals surface area (Å²) in [5.41, 5.74) is 0.167. The van der Waals surface area contributed by atoms with Gasteiger partial charge in [0, 0.05) is 15.6 Å². The number of primary sulfonamides is 1. The van der Waals surface area contributed by atoms with Crippen molar-refractivity contribution in [3.63, 3.8) is 0 Å². The Kier molecular flexibility index (Phi) is 5.56. The van der Waals surface area contributed by atoms with Crippen molar-refractivity contribution >= 4 is 55.0 Å². The van der Waals surface area contributed by atoms with Crippen LogP contribution < -0.4 is 9.86 Å². The first kappa shape index (κ1) is 18.8. The molecule has 2 rings (SSSR count). The van der Waals surface area contributed by atoms with Gasteiger partial charge in [-0.25, -0.2) is 22.0 Å². The van der Waals surface area contributed by atoms with Gasteiger partial charge in [0.2, 0.25) is 10.0 Å². The number of benzene rings is 2. The van der Waals surface area contributed by atoms with Crippen LogP contribution in [0.3, 0.4) is 0 Å². The Bertz CT molecular complexity index is 983. The second-order valence-electron chi connectivity index (χ2n) is 4.63. The summed E-state index contributed by atoms with van der Waals surface area (Å²) in [6, 6.07) is 10.1. The van der Waals surface area contributed by atoms with Crippen molar-refractivity contribution in [1.82, 2.24) is 0 Å². The van der Waals surface area contributed by atoms with Gasteiger partial charge in [-0.15, -0.1) is 0 Å². The molecule has 0 aromatic heterocycles. The van der Waals surface area contributed by atoms with E-state index in [2.05, 4.69) is 4.72 Å². The largest absolute Gasteiger partial charge is 0.279 e. The zero-order chi connectivity index (χ0) is 18.0. The van der Waals surface area contributed by atoms with E-state index < -0.39 is 20.0 Å². The first-order valence-corrected chi connectivity index (χ1v) is 10.2. The molecule has 0 atom stereocenters. The van der Waals surface area contributed by atoms with Gasteiger partial charge in [-0.05, 0) is 30.3 Å². The third-order valence-corrected chi connectivity index (χ3v) is 5.49. The third-order valence-electron chi connectivity index (χ3n) is 2.86. The average molecular weight is 407 g/mol. The molecule has 24 heavy (non-hydrogen) atoms. The molecule has 0 spiro atoms. The van der Waals surface area contributed by atoms with Crippen LogP contribution in [0.25, 0.3) is 6.08 Å². The predicted molar refractivity (Wildman–Crippen MR) is 95.9 cm³/mol. The lowest BCUT2D eigenvalue weighted by atomic mass is 10.2. The van der Waals surface area contributed by atoms with E-state index in [-0.39, 0.29) is 20.6 Å². The normalized spacial score (nSPS) is 12.5. The van der Waals surface area contributed by atoms with Gasteiger partial charge in [0.1, 0.15) is 4.90 Å². The molecule has 0 bridgehead atoms. The lowest BCUT2D eigenvalue weighted by molar-refractivity contribution is 0.598. The highest BCUT2D eigenvalue weighted by Gasteiger charge is 2.16. The summed E-state index contributed by atoms with van der Waals surface area (Å²) < 4.78 is 49.4. The number of nitrogens with two attached hydrogens (primary N) is 1. The van der Waals surface area contributed by atoms with Gasteiger partial charge in [-0.1, -0.05) is 41.4 Å². The Hall–Kier alpha value is -1.58. The Labute approximate surface area is 150 Å². The molecule has 0 heterocycles. The van der Waals surface area contributed by atoms with Crippen LogP contribution in [0, 0.1) is 0 Å². The zero-order valence-electron chi connectivity index (χ0n) is 12.0. The molecular weight excluding hydrogens is 395 g/mol. The molecule has 128 valence electrons. The molecule has 0 radical (unpaired) electrons. The summed E-state index contributed by atoms with van der Waals surface area (Å²) in [4.78, 5) is -0.335. The molecule has 2 aromatic carbocycles. The number of sulfonamides is 2. The fourth-order valence-electron chi connectivity index (χ4n) is 1.81. The number of halogens is 2.